The molecule has 3 atom stereocenters. The number of aryl methyl sites for hydroxylation is 3. The van der Waals surface area contributed by atoms with E-state index in [-0.39, 0.29) is 11.5 Å². The maximum absolute atomic E-state index is 13.3. The van der Waals surface area contributed by atoms with Crippen molar-refractivity contribution in [2.24, 2.45) is 7.05 Å². The van der Waals surface area contributed by atoms with Gasteiger partial charge in [0.25, 0.3) is 5.56 Å². The molecule has 15 heteroatoms. The van der Waals surface area contributed by atoms with Crippen molar-refractivity contribution in [2.45, 2.75) is 38.7 Å². The number of carbonyl (C=O) groups is 2. The van der Waals surface area contributed by atoms with E-state index in [1.807, 2.05) is 13.8 Å². The number of rotatable bonds is 11. The van der Waals surface area contributed by atoms with Crippen LogP contribution in [-0.4, -0.2) is 100 Å². The standard InChI is InChI=1S/C21H27N7O8/c1-10-4-12-13(5-11(10)2)28(21(35)18(23-12)20-24-25-26-27(20)3)7-14(29)19(34)15(30)8-36-9-16(31)22-6-17(32)33/h4-5,14-15,19,29-30,34H,6-9H2,1-3H3,(H,22,31)(H,32,33)/t14-,15+,19-/m0/s1. The van der Waals surface area contributed by atoms with Gasteiger partial charge in [-0.1, -0.05) is 0 Å². The van der Waals surface area contributed by atoms with E-state index in [2.05, 4.69) is 25.8 Å². The Bertz CT molecular complexity index is 1320. The Kier molecular flexibility index (Phi) is 8.41. The predicted molar refractivity (Wildman–Crippen MR) is 123 cm³/mol. The highest BCUT2D eigenvalue weighted by Crippen LogP contribution is 2.20. The molecule has 3 aromatic rings. The van der Waals surface area contributed by atoms with Crippen molar-refractivity contribution in [1.29, 1.82) is 0 Å². The number of hydrogen-bond donors (Lipinski definition) is 5. The molecule has 0 unspecified atom stereocenters. The second kappa shape index (κ2) is 11.3. The summed E-state index contributed by atoms with van der Waals surface area (Å²) < 4.78 is 7.49. The number of aliphatic hydroxyl groups excluding tert-OH is 3. The lowest BCUT2D eigenvalue weighted by Crippen LogP contribution is -2.44. The van der Waals surface area contributed by atoms with E-state index < -0.39 is 62.1 Å². The number of carboxylic acids is 1. The highest BCUT2D eigenvalue weighted by atomic mass is 16.5. The lowest BCUT2D eigenvalue weighted by Gasteiger charge is -2.24. The quantitative estimate of drug-likeness (QED) is 0.183. The number of carbonyl (C=O) groups excluding carboxylic acids is 1. The van der Waals surface area contributed by atoms with E-state index in [1.165, 1.54) is 9.25 Å². The Hall–Kier alpha value is -3.79. The van der Waals surface area contributed by atoms with Crippen LogP contribution in [0.3, 0.4) is 0 Å². The molecular formula is C21H27N7O8. The van der Waals surface area contributed by atoms with Crippen LogP contribution in [0.5, 0.6) is 0 Å². The fourth-order valence-corrected chi connectivity index (χ4v) is 3.40. The summed E-state index contributed by atoms with van der Waals surface area (Å²) in [7, 11) is 1.54. The average Bonchev–Trinajstić information content (AvgIpc) is 3.25. The lowest BCUT2D eigenvalue weighted by atomic mass is 10.1. The van der Waals surface area contributed by atoms with Crippen LogP contribution in [0.1, 0.15) is 11.1 Å². The van der Waals surface area contributed by atoms with Crippen LogP contribution in [0.2, 0.25) is 0 Å². The number of aromatic nitrogens is 6. The number of amides is 1. The third-order valence-electron chi connectivity index (χ3n) is 5.51. The molecule has 0 spiro atoms. The first kappa shape index (κ1) is 26.8. The Morgan fingerprint density at radius 3 is 2.47 bits per heavy atom. The number of ether oxygens (including phenoxy) is 1. The smallest absolute Gasteiger partial charge is 0.322 e. The molecule has 0 bridgehead atoms. The molecule has 194 valence electrons. The van der Waals surface area contributed by atoms with Gasteiger partial charge < -0.3 is 35.0 Å². The Labute approximate surface area is 204 Å². The summed E-state index contributed by atoms with van der Waals surface area (Å²) in [4.78, 5) is 39.7. The number of fused-ring (bicyclic) bond motifs is 1. The van der Waals surface area contributed by atoms with Crippen LogP contribution >= 0.6 is 0 Å². The molecule has 0 saturated heterocycles. The van der Waals surface area contributed by atoms with Gasteiger partial charge >= 0.3 is 5.97 Å². The van der Waals surface area contributed by atoms with Crippen molar-refractivity contribution in [3.05, 3.63) is 33.6 Å². The number of aliphatic carboxylic acids is 1. The maximum Gasteiger partial charge on any atom is 0.322 e. The summed E-state index contributed by atoms with van der Waals surface area (Å²) >= 11 is 0. The van der Waals surface area contributed by atoms with Crippen LogP contribution in [0.25, 0.3) is 22.6 Å². The molecular weight excluding hydrogens is 478 g/mol. The number of nitrogens with zero attached hydrogens (tertiary/aromatic N) is 6. The zero-order valence-electron chi connectivity index (χ0n) is 19.8. The molecule has 0 aliphatic rings. The first-order valence-electron chi connectivity index (χ1n) is 10.8. The van der Waals surface area contributed by atoms with E-state index >= 15 is 0 Å². The zero-order chi connectivity index (χ0) is 26.6. The molecule has 1 amide bonds. The predicted octanol–water partition coefficient (Wildman–Crippen LogP) is -2.50. The van der Waals surface area contributed by atoms with Crippen LogP contribution in [-0.2, 0) is 27.9 Å². The summed E-state index contributed by atoms with van der Waals surface area (Å²) in [6.07, 6.45) is -4.96. The van der Waals surface area contributed by atoms with Crippen molar-refractivity contribution in [3.8, 4) is 11.5 Å². The van der Waals surface area contributed by atoms with Crippen molar-refractivity contribution in [1.82, 2.24) is 35.1 Å². The molecule has 3 rings (SSSR count). The molecule has 0 fully saturated rings. The summed E-state index contributed by atoms with van der Waals surface area (Å²) in [5, 5.41) is 53.0. The Morgan fingerprint density at radius 2 is 1.83 bits per heavy atom. The fraction of sp³-hybridized carbons (Fsp3) is 0.476. The number of benzene rings is 1. The normalized spacial score (nSPS) is 13.9. The molecule has 2 heterocycles. The molecule has 0 aliphatic carbocycles. The van der Waals surface area contributed by atoms with Crippen LogP contribution in [0.15, 0.2) is 16.9 Å². The van der Waals surface area contributed by atoms with Crippen molar-refractivity contribution in [2.75, 3.05) is 19.8 Å². The van der Waals surface area contributed by atoms with Gasteiger partial charge in [0.2, 0.25) is 11.7 Å². The summed E-state index contributed by atoms with van der Waals surface area (Å²) in [5.41, 5.74) is 1.95. The molecule has 36 heavy (non-hydrogen) atoms. The largest absolute Gasteiger partial charge is 0.480 e. The highest BCUT2D eigenvalue weighted by molar-refractivity contribution is 5.82. The Morgan fingerprint density at radius 1 is 1.14 bits per heavy atom. The Balaban J connectivity index is 1.81. The van der Waals surface area contributed by atoms with Crippen molar-refractivity contribution in [3.63, 3.8) is 0 Å². The monoisotopic (exact) mass is 505 g/mol. The number of aliphatic hydroxyl groups is 3. The van der Waals surface area contributed by atoms with Gasteiger partial charge in [0, 0.05) is 7.05 Å². The van der Waals surface area contributed by atoms with E-state index in [4.69, 9.17) is 9.84 Å². The molecule has 2 aromatic heterocycles. The molecule has 0 radical (unpaired) electrons. The second-order valence-corrected chi connectivity index (χ2v) is 8.24. The molecule has 1 aromatic carbocycles. The minimum absolute atomic E-state index is 0.0591. The van der Waals surface area contributed by atoms with Crippen LogP contribution in [0.4, 0.5) is 0 Å². The topological polar surface area (TPSA) is 215 Å². The number of nitrogens with one attached hydrogen (secondary N) is 1. The third-order valence-corrected chi connectivity index (χ3v) is 5.51. The van der Waals surface area contributed by atoms with Gasteiger partial charge in [-0.3, -0.25) is 14.4 Å². The third kappa shape index (κ3) is 6.06. The van der Waals surface area contributed by atoms with Gasteiger partial charge in [0.15, 0.2) is 5.69 Å². The lowest BCUT2D eigenvalue weighted by molar-refractivity contribution is -0.139. The van der Waals surface area contributed by atoms with Gasteiger partial charge in [-0.25, -0.2) is 9.67 Å². The van der Waals surface area contributed by atoms with Gasteiger partial charge in [-0.15, -0.1) is 5.10 Å². The van der Waals surface area contributed by atoms with E-state index in [0.717, 1.165) is 11.1 Å². The van der Waals surface area contributed by atoms with E-state index in [9.17, 15) is 29.7 Å². The van der Waals surface area contributed by atoms with E-state index in [1.54, 1.807) is 19.2 Å². The second-order valence-electron chi connectivity index (χ2n) is 8.24. The first-order chi connectivity index (χ1) is 17.0. The van der Waals surface area contributed by atoms with Crippen LogP contribution < -0.4 is 10.9 Å². The van der Waals surface area contributed by atoms with Crippen molar-refractivity contribution >= 4 is 22.9 Å². The highest BCUT2D eigenvalue weighted by Gasteiger charge is 2.27. The minimum Gasteiger partial charge on any atom is -0.480 e. The fourth-order valence-electron chi connectivity index (χ4n) is 3.40. The minimum atomic E-state index is -1.74. The average molecular weight is 505 g/mol. The van der Waals surface area contributed by atoms with Gasteiger partial charge in [-0.05, 0) is 47.5 Å². The first-order valence-corrected chi connectivity index (χ1v) is 10.8. The molecule has 0 saturated carbocycles. The zero-order valence-corrected chi connectivity index (χ0v) is 19.8. The van der Waals surface area contributed by atoms with Gasteiger partial charge in [-0.2, -0.15) is 0 Å². The molecule has 15 nitrogen and oxygen atoms in total. The van der Waals surface area contributed by atoms with Gasteiger partial charge in [0.05, 0.1) is 24.2 Å². The maximum atomic E-state index is 13.3. The van der Waals surface area contributed by atoms with Crippen molar-refractivity contribution < 1.29 is 34.8 Å². The summed E-state index contributed by atoms with van der Waals surface area (Å²) in [6.45, 7) is 1.64. The van der Waals surface area contributed by atoms with Gasteiger partial charge in [0.1, 0.15) is 31.5 Å². The van der Waals surface area contributed by atoms with E-state index in [0.29, 0.717) is 11.0 Å². The number of hydrogen-bond acceptors (Lipinski definition) is 11. The SMILES string of the molecule is Cc1cc2nc(-c3nnnn3C)c(=O)n(C[C@H](O)[C@H](O)[C@H](O)COCC(=O)NCC(=O)O)c2cc1C. The molecule has 0 aliphatic heterocycles. The summed E-state index contributed by atoms with van der Waals surface area (Å²) in [5.74, 6) is -1.85. The van der Waals surface area contributed by atoms with Crippen LogP contribution in [0, 0.1) is 13.8 Å². The molecule has 5 N–H and O–H groups in total. The summed E-state index contributed by atoms with van der Waals surface area (Å²) in [6, 6.07) is 3.50. The number of carboxylic acid groups (broad SMARTS) is 1. The number of tetrazole rings is 1.